The minimum Gasteiger partial charge on any atom is -0.369 e. The second kappa shape index (κ2) is 25.8. The Balaban J connectivity index is 0.000000219. The maximum Gasteiger partial charge on any atom is 0.419 e. The Labute approximate surface area is 436 Å². The summed E-state index contributed by atoms with van der Waals surface area (Å²) in [5.74, 6) is 0.860. The first-order chi connectivity index (χ1) is 35.9. The number of carbonyl (C=O) groups excluding carboxylic acids is 2. The minimum absolute atomic E-state index is 0.0302. The number of likely N-dealkylation sites (tertiary alicyclic amines) is 1. The standard InChI is InChI=1S/C30H35F3N4O.C29H33F3N4O/c1-3-20-16-24(22-12-14-37(2)15-13-22)8-9-25(20)18-29-35-19-26(30(31,32)33)27(36-29)11-10-21-6-4-5-7-23(21)17-28(34)38;1-2-19-15-23(21-11-13-34-14-12-21)7-8-24(19)17-28-35-18-25(29(30,31)32)26(36-28)10-9-20-5-3-4-6-22(20)16-27(33)37/h4-9,16,19,22H,3,10-15,17-18H2,1-2H3,(H2,34,38);3-8,15,18,21,34H,2,9-14,16-17H2,1H3,(H2,33,37). The van der Waals surface area contributed by atoms with Gasteiger partial charge >= 0.3 is 12.4 Å². The Hall–Kier alpha value is -6.52. The monoisotopic (exact) mass is 1030 g/mol. The van der Waals surface area contributed by atoms with Crippen LogP contribution in [0.3, 0.4) is 0 Å². The van der Waals surface area contributed by atoms with Gasteiger partial charge in [-0.05, 0) is 165 Å². The number of nitrogens with two attached hydrogens (primary N) is 2. The highest BCUT2D eigenvalue weighted by Crippen LogP contribution is 2.35. The zero-order valence-electron chi connectivity index (χ0n) is 43.1. The van der Waals surface area contributed by atoms with E-state index in [4.69, 9.17) is 11.5 Å². The predicted octanol–water partition coefficient (Wildman–Crippen LogP) is 10.2. The number of benzene rings is 4. The molecule has 2 saturated heterocycles. The molecule has 0 atom stereocenters. The Morgan fingerprint density at radius 3 is 1.35 bits per heavy atom. The van der Waals surface area contributed by atoms with Crippen molar-refractivity contribution in [2.75, 3.05) is 33.2 Å². The lowest BCUT2D eigenvalue weighted by Crippen LogP contribution is -2.29. The van der Waals surface area contributed by atoms with Gasteiger partial charge in [-0.1, -0.05) is 98.8 Å². The summed E-state index contributed by atoms with van der Waals surface area (Å²) in [5, 5.41) is 3.39. The summed E-state index contributed by atoms with van der Waals surface area (Å²) in [7, 11) is 2.15. The van der Waals surface area contributed by atoms with Crippen LogP contribution in [0.5, 0.6) is 0 Å². The van der Waals surface area contributed by atoms with Crippen molar-refractivity contribution in [2.24, 2.45) is 11.5 Å². The quantitative estimate of drug-likeness (QED) is 0.0720. The van der Waals surface area contributed by atoms with Crippen LogP contribution in [-0.4, -0.2) is 69.9 Å². The number of alkyl halides is 6. The fourth-order valence-corrected chi connectivity index (χ4v) is 10.4. The first kappa shape index (κ1) is 56.2. The molecule has 0 radical (unpaired) electrons. The molecule has 2 aromatic heterocycles. The summed E-state index contributed by atoms with van der Waals surface area (Å²) in [4.78, 5) is 42.2. The number of amides is 2. The van der Waals surface area contributed by atoms with Crippen LogP contribution in [-0.2, 0) is 86.1 Å². The van der Waals surface area contributed by atoms with Crippen molar-refractivity contribution < 1.29 is 35.9 Å². The molecule has 2 aliphatic rings. The van der Waals surface area contributed by atoms with E-state index in [1.807, 2.05) is 12.1 Å². The Kier molecular flexibility index (Phi) is 19.3. The predicted molar refractivity (Wildman–Crippen MR) is 279 cm³/mol. The van der Waals surface area contributed by atoms with Crippen molar-refractivity contribution >= 4 is 11.8 Å². The number of carbonyl (C=O) groups is 2. The van der Waals surface area contributed by atoms with Gasteiger partial charge in [0.1, 0.15) is 11.6 Å². The topological polar surface area (TPSA) is 153 Å². The number of primary amides is 2. The third kappa shape index (κ3) is 15.8. The highest BCUT2D eigenvalue weighted by Gasteiger charge is 2.36. The van der Waals surface area contributed by atoms with E-state index in [0.717, 1.165) is 110 Å². The van der Waals surface area contributed by atoms with Gasteiger partial charge in [0.05, 0.1) is 35.4 Å². The van der Waals surface area contributed by atoms with E-state index in [1.165, 1.54) is 22.3 Å². The van der Waals surface area contributed by atoms with Gasteiger partial charge in [-0.3, -0.25) is 9.59 Å². The molecule has 10 nitrogen and oxygen atoms in total. The van der Waals surface area contributed by atoms with Crippen molar-refractivity contribution in [3.05, 3.63) is 187 Å². The number of piperidine rings is 2. The van der Waals surface area contributed by atoms with Crippen LogP contribution in [0.1, 0.15) is 141 Å². The second-order valence-electron chi connectivity index (χ2n) is 19.8. The summed E-state index contributed by atoms with van der Waals surface area (Å²) < 4.78 is 82.7. The Morgan fingerprint density at radius 1 is 0.560 bits per heavy atom. The number of rotatable bonds is 18. The molecule has 2 amide bonds. The van der Waals surface area contributed by atoms with E-state index >= 15 is 0 Å². The summed E-state index contributed by atoms with van der Waals surface area (Å²) in [6.45, 7) is 8.39. The molecular weight excluding hydrogens is 967 g/mol. The van der Waals surface area contributed by atoms with Crippen LogP contribution in [0.15, 0.2) is 97.3 Å². The second-order valence-corrected chi connectivity index (χ2v) is 19.8. The normalized spacial score (nSPS) is 14.8. The van der Waals surface area contributed by atoms with Crippen LogP contribution in [0.4, 0.5) is 26.3 Å². The maximum atomic E-state index is 13.8. The van der Waals surface area contributed by atoms with Crippen molar-refractivity contribution in [3.63, 3.8) is 0 Å². The van der Waals surface area contributed by atoms with E-state index in [-0.39, 0.29) is 37.1 Å². The van der Waals surface area contributed by atoms with E-state index in [2.05, 4.69) is 87.4 Å². The minimum atomic E-state index is -4.55. The van der Waals surface area contributed by atoms with Gasteiger partial charge in [-0.15, -0.1) is 0 Å². The molecule has 4 aromatic carbocycles. The van der Waals surface area contributed by atoms with Crippen LogP contribution >= 0.6 is 0 Å². The van der Waals surface area contributed by atoms with Gasteiger partial charge in [-0.2, -0.15) is 26.3 Å². The summed E-state index contributed by atoms with van der Waals surface area (Å²) in [6, 6.07) is 27.3. The van der Waals surface area contributed by atoms with Gasteiger partial charge in [-0.25, -0.2) is 19.9 Å². The molecule has 6 aromatic rings. The first-order valence-electron chi connectivity index (χ1n) is 26.0. The zero-order valence-corrected chi connectivity index (χ0v) is 43.1. The molecule has 4 heterocycles. The van der Waals surface area contributed by atoms with Gasteiger partial charge in [0.2, 0.25) is 11.8 Å². The van der Waals surface area contributed by atoms with Crippen LogP contribution in [0.25, 0.3) is 0 Å². The molecule has 0 bridgehead atoms. The van der Waals surface area contributed by atoms with Gasteiger partial charge in [0, 0.05) is 25.2 Å². The third-order valence-electron chi connectivity index (χ3n) is 14.6. The lowest BCUT2D eigenvalue weighted by Gasteiger charge is -2.29. The SMILES string of the molecule is CCc1cc(C2CCN(C)CC2)ccc1Cc1ncc(C(F)(F)F)c(CCc2ccccc2CC(N)=O)n1.CCc1cc(C2CCNCC2)ccc1Cc1ncc(C(F)(F)F)c(CCc2ccccc2CC(N)=O)n1. The average molecular weight is 1040 g/mol. The number of nitrogens with zero attached hydrogens (tertiary/aromatic N) is 5. The summed E-state index contributed by atoms with van der Waals surface area (Å²) in [6.07, 6.45) is 0.484. The largest absolute Gasteiger partial charge is 0.419 e. The van der Waals surface area contributed by atoms with Crippen LogP contribution < -0.4 is 16.8 Å². The molecule has 8 rings (SSSR count). The number of aryl methyl sites for hydroxylation is 6. The van der Waals surface area contributed by atoms with Crippen molar-refractivity contribution in [3.8, 4) is 0 Å². The first-order valence-corrected chi connectivity index (χ1v) is 26.0. The van der Waals surface area contributed by atoms with E-state index in [9.17, 15) is 35.9 Å². The molecule has 2 aliphatic heterocycles. The van der Waals surface area contributed by atoms with Crippen LogP contribution in [0.2, 0.25) is 0 Å². The molecule has 0 aliphatic carbocycles. The number of hydrogen-bond donors (Lipinski definition) is 3. The lowest BCUT2D eigenvalue weighted by molar-refractivity contribution is -0.139. The lowest BCUT2D eigenvalue weighted by atomic mass is 9.87. The number of hydrogen-bond acceptors (Lipinski definition) is 8. The molecular formula is C59H68F6N8O2. The van der Waals surface area contributed by atoms with E-state index in [0.29, 0.717) is 49.2 Å². The number of aromatic nitrogens is 4. The van der Waals surface area contributed by atoms with E-state index in [1.54, 1.807) is 36.4 Å². The maximum absolute atomic E-state index is 13.8. The zero-order chi connectivity index (χ0) is 53.7. The fourth-order valence-electron chi connectivity index (χ4n) is 10.4. The molecule has 75 heavy (non-hydrogen) atoms. The molecule has 0 spiro atoms. The molecule has 0 saturated carbocycles. The number of nitrogens with one attached hydrogen (secondary N) is 1. The van der Waals surface area contributed by atoms with Gasteiger partial charge < -0.3 is 21.7 Å². The molecule has 5 N–H and O–H groups in total. The van der Waals surface area contributed by atoms with Gasteiger partial charge in [0.15, 0.2) is 0 Å². The van der Waals surface area contributed by atoms with Crippen molar-refractivity contribution in [1.29, 1.82) is 0 Å². The van der Waals surface area contributed by atoms with Crippen molar-refractivity contribution in [1.82, 2.24) is 30.2 Å². The number of halogens is 6. The highest BCUT2D eigenvalue weighted by atomic mass is 19.4. The van der Waals surface area contributed by atoms with Crippen molar-refractivity contribution in [2.45, 2.75) is 128 Å². The Morgan fingerprint density at radius 2 is 0.960 bits per heavy atom. The third-order valence-corrected chi connectivity index (χ3v) is 14.6. The molecule has 16 heteroatoms. The molecule has 398 valence electrons. The van der Waals surface area contributed by atoms with Crippen LogP contribution in [0, 0.1) is 0 Å². The molecule has 0 unspecified atom stereocenters. The Bertz CT molecular complexity index is 2890. The average Bonchev–Trinajstić information content (AvgIpc) is 3.38. The summed E-state index contributed by atoms with van der Waals surface area (Å²) >= 11 is 0. The highest BCUT2D eigenvalue weighted by molar-refractivity contribution is 5.77. The molecule has 2 fully saturated rings. The summed E-state index contributed by atoms with van der Waals surface area (Å²) in [5.41, 5.74) is 19.1. The van der Waals surface area contributed by atoms with E-state index < -0.39 is 35.3 Å². The fraction of sp³-hybridized carbons (Fsp3) is 0.424. The van der Waals surface area contributed by atoms with Gasteiger partial charge in [0.25, 0.3) is 0 Å². The smallest absolute Gasteiger partial charge is 0.369 e.